The van der Waals surface area contributed by atoms with Crippen molar-refractivity contribution in [2.45, 2.75) is 24.8 Å². The fourth-order valence-electron chi connectivity index (χ4n) is 2.61. The van der Waals surface area contributed by atoms with E-state index in [1.807, 2.05) is 0 Å². The highest BCUT2D eigenvalue weighted by Crippen LogP contribution is 2.28. The summed E-state index contributed by atoms with van der Waals surface area (Å²) < 4.78 is 53.7. The highest BCUT2D eigenvalue weighted by atomic mass is 35.5. The van der Waals surface area contributed by atoms with Gasteiger partial charge in [0, 0.05) is 29.9 Å². The van der Waals surface area contributed by atoms with E-state index in [0.29, 0.717) is 0 Å². The fourth-order valence-corrected chi connectivity index (χ4v) is 4.95. The molecule has 0 aliphatic rings. The standard InChI is InChI=1S/C18H18Cl2F2N2O4S/c1-3-24(10(2)9-25)29(27,28)16-6-11(4-5-13(16)19)18(26)23-12-7-14(20)17(22)15(21)8-12/h4-8,10,25H,3,9H2,1-2H3,(H,23,26). The summed E-state index contributed by atoms with van der Waals surface area (Å²) in [6, 6.07) is 4.65. The van der Waals surface area contributed by atoms with Crippen molar-refractivity contribution in [1.29, 1.82) is 0 Å². The van der Waals surface area contributed by atoms with E-state index < -0.39 is 45.2 Å². The maximum atomic E-state index is 13.5. The van der Waals surface area contributed by atoms with E-state index in [1.165, 1.54) is 19.1 Å². The second kappa shape index (κ2) is 9.36. The third-order valence-electron chi connectivity index (χ3n) is 4.09. The Morgan fingerprint density at radius 1 is 1.21 bits per heavy atom. The van der Waals surface area contributed by atoms with Crippen molar-refractivity contribution >= 4 is 44.8 Å². The molecular weight excluding hydrogens is 449 g/mol. The van der Waals surface area contributed by atoms with Crippen LogP contribution >= 0.6 is 23.2 Å². The molecule has 0 heterocycles. The first-order valence-electron chi connectivity index (χ1n) is 8.41. The van der Waals surface area contributed by atoms with E-state index in [-0.39, 0.29) is 27.7 Å². The van der Waals surface area contributed by atoms with Gasteiger partial charge in [0.15, 0.2) is 11.6 Å². The van der Waals surface area contributed by atoms with Crippen LogP contribution in [-0.2, 0) is 10.0 Å². The summed E-state index contributed by atoms with van der Waals surface area (Å²) in [7, 11) is -4.11. The minimum absolute atomic E-state index is 0.0736. The van der Waals surface area contributed by atoms with E-state index in [2.05, 4.69) is 5.32 Å². The number of carbonyl (C=O) groups is 1. The Morgan fingerprint density at radius 2 is 1.86 bits per heavy atom. The number of rotatable bonds is 7. The molecule has 2 aromatic carbocycles. The predicted molar refractivity (Wildman–Crippen MR) is 107 cm³/mol. The summed E-state index contributed by atoms with van der Waals surface area (Å²) in [5.41, 5.74) is -0.191. The van der Waals surface area contributed by atoms with Gasteiger partial charge in [-0.1, -0.05) is 30.1 Å². The molecule has 0 saturated heterocycles. The summed E-state index contributed by atoms with van der Waals surface area (Å²) in [5.74, 6) is -3.27. The van der Waals surface area contributed by atoms with Gasteiger partial charge in [0.25, 0.3) is 5.91 Å². The normalized spacial score (nSPS) is 12.8. The molecule has 0 bridgehead atoms. The van der Waals surface area contributed by atoms with Gasteiger partial charge < -0.3 is 10.4 Å². The molecule has 158 valence electrons. The minimum atomic E-state index is -4.11. The van der Waals surface area contributed by atoms with Crippen molar-refractivity contribution in [2.75, 3.05) is 18.5 Å². The van der Waals surface area contributed by atoms with E-state index >= 15 is 0 Å². The number of halogens is 4. The summed E-state index contributed by atoms with van der Waals surface area (Å²) in [6.07, 6.45) is 0. The quantitative estimate of drug-likeness (QED) is 0.605. The maximum absolute atomic E-state index is 13.5. The van der Waals surface area contributed by atoms with Crippen LogP contribution in [0.3, 0.4) is 0 Å². The first-order chi connectivity index (χ1) is 13.5. The van der Waals surface area contributed by atoms with Crippen LogP contribution in [0.15, 0.2) is 35.2 Å². The Labute approximate surface area is 177 Å². The number of amides is 1. The number of nitrogens with one attached hydrogen (secondary N) is 1. The molecule has 2 N–H and O–H groups in total. The van der Waals surface area contributed by atoms with Gasteiger partial charge in [-0.3, -0.25) is 4.79 Å². The van der Waals surface area contributed by atoms with Gasteiger partial charge in [-0.2, -0.15) is 4.31 Å². The van der Waals surface area contributed by atoms with Crippen molar-refractivity contribution in [2.24, 2.45) is 0 Å². The smallest absolute Gasteiger partial charge is 0.255 e. The van der Waals surface area contributed by atoms with E-state index in [9.17, 15) is 27.1 Å². The number of aliphatic hydroxyl groups is 1. The topological polar surface area (TPSA) is 86.7 Å². The van der Waals surface area contributed by atoms with Crippen LogP contribution in [-0.4, -0.2) is 42.9 Å². The first kappa shape index (κ1) is 23.5. The molecule has 2 aromatic rings. The lowest BCUT2D eigenvalue weighted by Gasteiger charge is -2.26. The maximum Gasteiger partial charge on any atom is 0.255 e. The molecule has 6 nitrogen and oxygen atoms in total. The Bertz CT molecular complexity index is 1010. The van der Waals surface area contributed by atoms with Crippen molar-refractivity contribution in [1.82, 2.24) is 4.31 Å². The fraction of sp³-hybridized carbons (Fsp3) is 0.278. The molecule has 1 atom stereocenters. The molecule has 0 fully saturated rings. The average Bonchev–Trinajstić information content (AvgIpc) is 2.66. The van der Waals surface area contributed by atoms with Crippen LogP contribution in [0.5, 0.6) is 0 Å². The Kier molecular flexibility index (Phi) is 7.58. The van der Waals surface area contributed by atoms with Crippen LogP contribution in [0.4, 0.5) is 14.5 Å². The number of hydrogen-bond acceptors (Lipinski definition) is 4. The lowest BCUT2D eigenvalue weighted by Crippen LogP contribution is -2.40. The number of carbonyl (C=O) groups excluding carboxylic acids is 1. The molecule has 1 unspecified atom stereocenters. The van der Waals surface area contributed by atoms with Crippen molar-refractivity contribution in [3.63, 3.8) is 0 Å². The van der Waals surface area contributed by atoms with E-state index in [1.54, 1.807) is 6.92 Å². The first-order valence-corrected chi connectivity index (χ1v) is 10.6. The van der Waals surface area contributed by atoms with Gasteiger partial charge in [0.05, 0.1) is 16.7 Å². The number of hydrogen-bond donors (Lipinski definition) is 2. The van der Waals surface area contributed by atoms with E-state index in [0.717, 1.165) is 22.5 Å². The van der Waals surface area contributed by atoms with Crippen LogP contribution in [0.1, 0.15) is 24.2 Å². The Hall–Kier alpha value is -1.78. The highest BCUT2D eigenvalue weighted by Gasteiger charge is 2.30. The highest BCUT2D eigenvalue weighted by molar-refractivity contribution is 7.89. The van der Waals surface area contributed by atoms with Crippen LogP contribution in [0.25, 0.3) is 0 Å². The molecular formula is C18H18Cl2F2N2O4S. The molecule has 0 aromatic heterocycles. The number of likely N-dealkylation sites (N-methyl/N-ethyl adjacent to an activating group) is 1. The number of benzene rings is 2. The molecule has 0 saturated carbocycles. The average molecular weight is 467 g/mol. The van der Waals surface area contributed by atoms with Crippen LogP contribution in [0.2, 0.25) is 10.0 Å². The third kappa shape index (κ3) is 5.04. The summed E-state index contributed by atoms with van der Waals surface area (Å²) in [6.45, 7) is 2.80. The second-order valence-corrected chi connectivity index (χ2v) is 8.77. The second-order valence-electron chi connectivity index (χ2n) is 6.09. The summed E-state index contributed by atoms with van der Waals surface area (Å²) in [4.78, 5) is 12.2. The Morgan fingerprint density at radius 3 is 2.41 bits per heavy atom. The summed E-state index contributed by atoms with van der Waals surface area (Å²) >= 11 is 11.6. The third-order valence-corrected chi connectivity index (χ3v) is 6.94. The number of nitrogens with zero attached hydrogens (tertiary/aromatic N) is 1. The van der Waals surface area contributed by atoms with Crippen LogP contribution < -0.4 is 5.32 Å². The largest absolute Gasteiger partial charge is 0.395 e. The lowest BCUT2D eigenvalue weighted by atomic mass is 10.2. The van der Waals surface area contributed by atoms with Crippen molar-refractivity contribution < 1.29 is 27.1 Å². The zero-order chi connectivity index (χ0) is 21.9. The predicted octanol–water partition coefficient (Wildman–Crippen LogP) is 3.92. The molecule has 29 heavy (non-hydrogen) atoms. The molecule has 2 rings (SSSR count). The molecule has 0 radical (unpaired) electrons. The monoisotopic (exact) mass is 466 g/mol. The zero-order valence-electron chi connectivity index (χ0n) is 15.4. The van der Waals surface area contributed by atoms with Gasteiger partial charge in [-0.25, -0.2) is 17.2 Å². The number of aliphatic hydroxyl groups excluding tert-OH is 1. The van der Waals surface area contributed by atoms with Gasteiger partial charge in [-0.05, 0) is 31.2 Å². The molecule has 11 heteroatoms. The van der Waals surface area contributed by atoms with Gasteiger partial charge >= 0.3 is 0 Å². The van der Waals surface area contributed by atoms with Gasteiger partial charge in [-0.15, -0.1) is 0 Å². The van der Waals surface area contributed by atoms with Gasteiger partial charge in [0.1, 0.15) is 4.90 Å². The SMILES string of the molecule is CCN(C(C)CO)S(=O)(=O)c1cc(C(=O)Nc2cc(F)c(F)c(Cl)c2)ccc1Cl. The lowest BCUT2D eigenvalue weighted by molar-refractivity contribution is 0.102. The zero-order valence-corrected chi connectivity index (χ0v) is 17.7. The molecule has 1 amide bonds. The molecule has 0 spiro atoms. The van der Waals surface area contributed by atoms with E-state index in [4.69, 9.17) is 23.2 Å². The minimum Gasteiger partial charge on any atom is -0.395 e. The molecule has 0 aliphatic carbocycles. The Balaban J connectivity index is 2.41. The van der Waals surface area contributed by atoms with Crippen LogP contribution in [0, 0.1) is 11.6 Å². The number of anilines is 1. The molecule has 0 aliphatic heterocycles. The number of sulfonamides is 1. The summed E-state index contributed by atoms with van der Waals surface area (Å²) in [5, 5.41) is 11.0. The van der Waals surface area contributed by atoms with Gasteiger partial charge in [0.2, 0.25) is 10.0 Å². The van der Waals surface area contributed by atoms with Crippen molar-refractivity contribution in [3.8, 4) is 0 Å². The van der Waals surface area contributed by atoms with Crippen molar-refractivity contribution in [3.05, 3.63) is 57.6 Å².